The van der Waals surface area contributed by atoms with Crippen LogP contribution in [0.2, 0.25) is 0 Å². The standard InChI is InChI=1S/C17H20N2O/c1-3-10-19-16-9-5-8-15(12(16)2)13-6-4-7-14(11-13)17(18)20/h4-9,11,19H,3,10H2,1-2H3,(H2,18,20). The van der Waals surface area contributed by atoms with E-state index in [1.807, 2.05) is 24.3 Å². The number of hydrogen-bond acceptors (Lipinski definition) is 2. The number of anilines is 1. The lowest BCUT2D eigenvalue weighted by Gasteiger charge is -2.13. The summed E-state index contributed by atoms with van der Waals surface area (Å²) < 4.78 is 0. The number of carbonyl (C=O) groups excluding carboxylic acids is 1. The molecular formula is C17H20N2O. The molecule has 0 heterocycles. The van der Waals surface area contributed by atoms with Gasteiger partial charge in [-0.05, 0) is 48.2 Å². The molecule has 0 spiro atoms. The van der Waals surface area contributed by atoms with Gasteiger partial charge < -0.3 is 11.1 Å². The van der Waals surface area contributed by atoms with Gasteiger partial charge in [-0.3, -0.25) is 4.79 Å². The predicted molar refractivity (Wildman–Crippen MR) is 83.9 cm³/mol. The average Bonchev–Trinajstić information content (AvgIpc) is 2.46. The fourth-order valence-corrected chi connectivity index (χ4v) is 2.24. The minimum Gasteiger partial charge on any atom is -0.385 e. The van der Waals surface area contributed by atoms with Crippen LogP contribution in [0.5, 0.6) is 0 Å². The molecule has 1 amide bonds. The Morgan fingerprint density at radius 3 is 2.65 bits per heavy atom. The van der Waals surface area contributed by atoms with Gasteiger partial charge in [0.1, 0.15) is 0 Å². The first-order valence-corrected chi connectivity index (χ1v) is 6.87. The molecule has 0 saturated carbocycles. The highest BCUT2D eigenvalue weighted by molar-refractivity contribution is 5.94. The molecule has 2 aromatic carbocycles. The highest BCUT2D eigenvalue weighted by atomic mass is 16.1. The van der Waals surface area contributed by atoms with Crippen molar-refractivity contribution in [2.75, 3.05) is 11.9 Å². The summed E-state index contributed by atoms with van der Waals surface area (Å²) in [6.45, 7) is 5.18. The normalized spacial score (nSPS) is 10.3. The molecule has 0 aliphatic rings. The van der Waals surface area contributed by atoms with E-state index < -0.39 is 5.91 Å². The van der Waals surface area contributed by atoms with Crippen molar-refractivity contribution >= 4 is 11.6 Å². The molecule has 0 saturated heterocycles. The van der Waals surface area contributed by atoms with Crippen molar-refractivity contribution in [3.8, 4) is 11.1 Å². The van der Waals surface area contributed by atoms with E-state index in [4.69, 9.17) is 5.73 Å². The lowest BCUT2D eigenvalue weighted by atomic mass is 9.97. The number of amides is 1. The maximum absolute atomic E-state index is 11.3. The van der Waals surface area contributed by atoms with Crippen LogP contribution in [0.3, 0.4) is 0 Å². The van der Waals surface area contributed by atoms with Gasteiger partial charge in [0.05, 0.1) is 0 Å². The summed E-state index contributed by atoms with van der Waals surface area (Å²) in [5, 5.41) is 3.42. The molecule has 0 fully saturated rings. The summed E-state index contributed by atoms with van der Waals surface area (Å²) in [6.07, 6.45) is 1.08. The molecule has 2 rings (SSSR count). The largest absolute Gasteiger partial charge is 0.385 e. The first kappa shape index (κ1) is 14.1. The molecular weight excluding hydrogens is 248 g/mol. The predicted octanol–water partition coefficient (Wildman–Crippen LogP) is 3.58. The van der Waals surface area contributed by atoms with Crippen molar-refractivity contribution in [3.05, 3.63) is 53.6 Å². The lowest BCUT2D eigenvalue weighted by molar-refractivity contribution is 0.100. The summed E-state index contributed by atoms with van der Waals surface area (Å²) in [5.74, 6) is -0.398. The van der Waals surface area contributed by atoms with E-state index in [1.165, 1.54) is 5.56 Å². The van der Waals surface area contributed by atoms with Crippen molar-refractivity contribution in [3.63, 3.8) is 0 Å². The maximum atomic E-state index is 11.3. The fourth-order valence-electron chi connectivity index (χ4n) is 2.24. The van der Waals surface area contributed by atoms with Gasteiger partial charge in [0.2, 0.25) is 5.91 Å². The van der Waals surface area contributed by atoms with Crippen molar-refractivity contribution in [2.24, 2.45) is 5.73 Å². The highest BCUT2D eigenvalue weighted by Crippen LogP contribution is 2.29. The molecule has 0 atom stereocenters. The van der Waals surface area contributed by atoms with E-state index >= 15 is 0 Å². The van der Waals surface area contributed by atoms with Crippen LogP contribution in [-0.4, -0.2) is 12.5 Å². The van der Waals surface area contributed by atoms with Crippen LogP contribution in [0.25, 0.3) is 11.1 Å². The zero-order valence-corrected chi connectivity index (χ0v) is 11.9. The van der Waals surface area contributed by atoms with Gasteiger partial charge in [0.25, 0.3) is 0 Å². The van der Waals surface area contributed by atoms with E-state index in [1.54, 1.807) is 6.07 Å². The Bertz CT molecular complexity index is 620. The molecule has 0 aliphatic carbocycles. The molecule has 2 aromatic rings. The molecule has 0 aromatic heterocycles. The molecule has 0 radical (unpaired) electrons. The topological polar surface area (TPSA) is 55.1 Å². The summed E-state index contributed by atoms with van der Waals surface area (Å²) in [6, 6.07) is 13.6. The number of nitrogens with two attached hydrogens (primary N) is 1. The van der Waals surface area contributed by atoms with Gasteiger partial charge in [-0.2, -0.15) is 0 Å². The Hall–Kier alpha value is -2.29. The van der Waals surface area contributed by atoms with E-state index in [9.17, 15) is 4.79 Å². The van der Waals surface area contributed by atoms with Gasteiger partial charge in [-0.25, -0.2) is 0 Å². The minimum atomic E-state index is -0.398. The molecule has 3 N–H and O–H groups in total. The molecule has 0 bridgehead atoms. The SMILES string of the molecule is CCCNc1cccc(-c2cccc(C(N)=O)c2)c1C. The summed E-state index contributed by atoms with van der Waals surface area (Å²) in [7, 11) is 0. The van der Waals surface area contributed by atoms with Crippen LogP contribution in [0.15, 0.2) is 42.5 Å². The number of hydrogen-bond donors (Lipinski definition) is 2. The van der Waals surface area contributed by atoms with Crippen LogP contribution in [-0.2, 0) is 0 Å². The molecule has 3 nitrogen and oxygen atoms in total. The third-order valence-electron chi connectivity index (χ3n) is 3.36. The third kappa shape index (κ3) is 2.99. The molecule has 3 heteroatoms. The van der Waals surface area contributed by atoms with E-state index in [0.717, 1.165) is 29.8 Å². The van der Waals surface area contributed by atoms with Gasteiger partial charge in [0, 0.05) is 17.8 Å². The summed E-state index contributed by atoms with van der Waals surface area (Å²) >= 11 is 0. The summed E-state index contributed by atoms with van der Waals surface area (Å²) in [5.41, 5.74) is 10.3. The van der Waals surface area contributed by atoms with Crippen molar-refractivity contribution in [2.45, 2.75) is 20.3 Å². The zero-order valence-electron chi connectivity index (χ0n) is 11.9. The number of nitrogens with one attached hydrogen (secondary N) is 1. The van der Waals surface area contributed by atoms with Crippen molar-refractivity contribution in [1.29, 1.82) is 0 Å². The first-order valence-electron chi connectivity index (χ1n) is 6.87. The van der Waals surface area contributed by atoms with Crippen LogP contribution in [0.1, 0.15) is 29.3 Å². The smallest absolute Gasteiger partial charge is 0.248 e. The average molecular weight is 268 g/mol. The lowest BCUT2D eigenvalue weighted by Crippen LogP contribution is -2.10. The van der Waals surface area contributed by atoms with E-state index in [2.05, 4.69) is 31.3 Å². The highest BCUT2D eigenvalue weighted by Gasteiger charge is 2.08. The molecule has 0 unspecified atom stereocenters. The van der Waals surface area contributed by atoms with Gasteiger partial charge >= 0.3 is 0 Å². The van der Waals surface area contributed by atoms with Gasteiger partial charge in [0.15, 0.2) is 0 Å². The maximum Gasteiger partial charge on any atom is 0.248 e. The monoisotopic (exact) mass is 268 g/mol. The second-order valence-electron chi connectivity index (χ2n) is 4.85. The van der Waals surface area contributed by atoms with Gasteiger partial charge in [-0.15, -0.1) is 0 Å². The number of carbonyl (C=O) groups is 1. The van der Waals surface area contributed by atoms with Crippen LogP contribution in [0, 0.1) is 6.92 Å². The molecule has 20 heavy (non-hydrogen) atoms. The molecule has 0 aliphatic heterocycles. The van der Waals surface area contributed by atoms with Crippen LogP contribution >= 0.6 is 0 Å². The number of rotatable bonds is 5. The Labute approximate surface area is 119 Å². The third-order valence-corrected chi connectivity index (χ3v) is 3.36. The van der Waals surface area contributed by atoms with Crippen molar-refractivity contribution in [1.82, 2.24) is 0 Å². The van der Waals surface area contributed by atoms with Crippen LogP contribution in [0.4, 0.5) is 5.69 Å². The second-order valence-corrected chi connectivity index (χ2v) is 4.85. The second kappa shape index (κ2) is 6.24. The summed E-state index contributed by atoms with van der Waals surface area (Å²) in [4.78, 5) is 11.3. The zero-order chi connectivity index (χ0) is 14.5. The van der Waals surface area contributed by atoms with E-state index in [-0.39, 0.29) is 0 Å². The van der Waals surface area contributed by atoms with Crippen molar-refractivity contribution < 1.29 is 4.79 Å². The van der Waals surface area contributed by atoms with Gasteiger partial charge in [-0.1, -0.05) is 31.2 Å². The Balaban J connectivity index is 2.42. The Morgan fingerprint density at radius 2 is 1.95 bits per heavy atom. The number of primary amides is 1. The van der Waals surface area contributed by atoms with Crippen LogP contribution < -0.4 is 11.1 Å². The first-order chi connectivity index (χ1) is 9.63. The quantitative estimate of drug-likeness (QED) is 0.870. The Morgan fingerprint density at radius 1 is 1.20 bits per heavy atom. The number of benzene rings is 2. The minimum absolute atomic E-state index is 0.398. The molecule has 104 valence electrons. The Kier molecular flexibility index (Phi) is 4.41. The van der Waals surface area contributed by atoms with E-state index in [0.29, 0.717) is 5.56 Å². The fraction of sp³-hybridized carbons (Fsp3) is 0.235.